The van der Waals surface area contributed by atoms with Gasteiger partial charge < -0.3 is 14.2 Å². The van der Waals surface area contributed by atoms with E-state index in [2.05, 4.69) is 96.1 Å². The van der Waals surface area contributed by atoms with E-state index in [1.54, 1.807) is 5.57 Å². The molecule has 0 amide bonds. The molecule has 3 fully saturated rings. The highest BCUT2D eigenvalue weighted by Crippen LogP contribution is 2.67. The van der Waals surface area contributed by atoms with Crippen molar-refractivity contribution in [2.24, 2.45) is 46.3 Å². The summed E-state index contributed by atoms with van der Waals surface area (Å²) in [5.41, 5.74) is 4.86. The van der Waals surface area contributed by atoms with Crippen LogP contribution in [0.2, 0.25) is 0 Å². The Balaban J connectivity index is 0.804. The smallest absolute Gasteiger partial charge is 0.306 e. The number of rotatable bonds is 23. The van der Waals surface area contributed by atoms with Crippen molar-refractivity contribution < 1.29 is 19.0 Å². The first kappa shape index (κ1) is 44.8. The summed E-state index contributed by atoms with van der Waals surface area (Å²) >= 11 is 0. The fraction of sp³-hybridized carbons (Fsp3) is 0.722. The fourth-order valence-corrected chi connectivity index (χ4v) is 12.4. The van der Waals surface area contributed by atoms with Crippen LogP contribution in [-0.2, 0) is 9.53 Å². The van der Waals surface area contributed by atoms with Crippen LogP contribution in [0.4, 0.5) is 0 Å². The molecule has 0 aromatic heterocycles. The van der Waals surface area contributed by atoms with Crippen LogP contribution in [0.15, 0.2) is 60.2 Å². The maximum atomic E-state index is 12.9. The highest BCUT2D eigenvalue weighted by atomic mass is 16.5. The predicted octanol–water partition coefficient (Wildman–Crippen LogP) is 15.4. The van der Waals surface area contributed by atoms with E-state index in [0.29, 0.717) is 17.3 Å². The zero-order valence-electron chi connectivity index (χ0n) is 37.8. The maximum absolute atomic E-state index is 12.9. The second-order valence-corrected chi connectivity index (χ2v) is 20.3. The summed E-state index contributed by atoms with van der Waals surface area (Å²) in [7, 11) is 0. The highest BCUT2D eigenvalue weighted by molar-refractivity contribution is 5.69. The van der Waals surface area contributed by atoms with Crippen LogP contribution in [0, 0.1) is 46.3 Å². The molecule has 0 N–H and O–H groups in total. The first-order valence-electron chi connectivity index (χ1n) is 24.5. The van der Waals surface area contributed by atoms with Gasteiger partial charge in [-0.05, 0) is 146 Å². The summed E-state index contributed by atoms with van der Waals surface area (Å²) < 4.78 is 18.0. The predicted molar refractivity (Wildman–Crippen MR) is 242 cm³/mol. The van der Waals surface area contributed by atoms with Crippen LogP contribution >= 0.6 is 0 Å². The van der Waals surface area contributed by atoms with E-state index in [4.69, 9.17) is 14.2 Å². The van der Waals surface area contributed by atoms with Gasteiger partial charge in [0.2, 0.25) is 0 Å². The molecule has 0 aliphatic heterocycles. The SMILES string of the molecule is CCCCOc1ccc(-c2ccc(OCCCCCCCCCCC(=O)O[C@H]3CC[C@@]4(C)C(=CC[C@H]5[C@@H]6CC[C@H]([C@H](C)CCCC(C)C)[C@@]6(C)CC[C@@H]54)C3)cc2)cc1. The Morgan fingerprint density at radius 2 is 1.31 bits per heavy atom. The third-order valence-electron chi connectivity index (χ3n) is 15.9. The average Bonchev–Trinajstić information content (AvgIpc) is 3.58. The standard InChI is InChI=1S/C54H82O4/c1-7-8-37-56-45-26-21-42(22-27-45)43-23-28-46(29-24-43)57-38-16-14-12-10-9-11-13-15-20-52(55)58-47-33-35-53(5)44(39-47)25-30-48-50-32-31-49(41(4)19-17-18-40(2)3)54(50,6)36-34-51(48)53/h21-29,40-41,47-51H,7-20,30-39H2,1-6H3/t41-,47+,48+,49-,50+,51+,53+,54-/m1/s1. The molecule has 0 radical (unpaired) electrons. The molecule has 4 nitrogen and oxygen atoms in total. The van der Waals surface area contributed by atoms with Gasteiger partial charge in [-0.25, -0.2) is 0 Å². The Hall–Kier alpha value is -2.75. The molecule has 0 spiro atoms. The minimum Gasteiger partial charge on any atom is -0.494 e. The number of fused-ring (bicyclic) bond motifs is 5. The molecule has 8 atom stereocenters. The van der Waals surface area contributed by atoms with Gasteiger partial charge in [0.05, 0.1) is 13.2 Å². The van der Waals surface area contributed by atoms with Gasteiger partial charge in [-0.15, -0.1) is 0 Å². The molecule has 4 aliphatic carbocycles. The summed E-state index contributed by atoms with van der Waals surface area (Å²) in [5, 5.41) is 0. The number of hydrogen-bond donors (Lipinski definition) is 0. The van der Waals surface area contributed by atoms with Crippen LogP contribution in [0.3, 0.4) is 0 Å². The van der Waals surface area contributed by atoms with E-state index in [1.807, 2.05) is 0 Å². The van der Waals surface area contributed by atoms with Crippen molar-refractivity contribution in [3.8, 4) is 22.6 Å². The Kier molecular flexibility index (Phi) is 16.7. The van der Waals surface area contributed by atoms with Crippen LogP contribution in [-0.4, -0.2) is 25.3 Å². The first-order valence-corrected chi connectivity index (χ1v) is 24.5. The minimum atomic E-state index is 0.0346. The van der Waals surface area contributed by atoms with Crippen molar-refractivity contribution in [3.63, 3.8) is 0 Å². The molecule has 58 heavy (non-hydrogen) atoms. The quantitative estimate of drug-likeness (QED) is 0.0638. The van der Waals surface area contributed by atoms with Crippen LogP contribution in [0.25, 0.3) is 11.1 Å². The minimum absolute atomic E-state index is 0.0346. The molecule has 0 bridgehead atoms. The number of benzene rings is 2. The van der Waals surface area contributed by atoms with E-state index >= 15 is 0 Å². The Bertz CT molecular complexity index is 1560. The van der Waals surface area contributed by atoms with Crippen molar-refractivity contribution in [2.45, 2.75) is 189 Å². The molecule has 6 rings (SSSR count). The van der Waals surface area contributed by atoms with Gasteiger partial charge in [-0.1, -0.05) is 142 Å². The number of ether oxygens (including phenoxy) is 3. The molecule has 322 valence electrons. The topological polar surface area (TPSA) is 44.8 Å². The molecule has 0 saturated heterocycles. The lowest BCUT2D eigenvalue weighted by atomic mass is 9.47. The molecule has 0 unspecified atom stereocenters. The second-order valence-electron chi connectivity index (χ2n) is 20.3. The number of allylic oxidation sites excluding steroid dienone is 1. The average molecular weight is 795 g/mol. The van der Waals surface area contributed by atoms with Crippen LogP contribution < -0.4 is 9.47 Å². The number of unbranched alkanes of at least 4 members (excludes halogenated alkanes) is 8. The largest absolute Gasteiger partial charge is 0.494 e. The summed E-state index contributed by atoms with van der Waals surface area (Å²) in [5.74, 6) is 7.09. The molecular formula is C54H82O4. The lowest BCUT2D eigenvalue weighted by molar-refractivity contribution is -0.151. The molecule has 2 aromatic carbocycles. The van der Waals surface area contributed by atoms with Crippen molar-refractivity contribution in [1.29, 1.82) is 0 Å². The van der Waals surface area contributed by atoms with Gasteiger partial charge in [-0.3, -0.25) is 4.79 Å². The Morgan fingerprint density at radius 3 is 1.95 bits per heavy atom. The lowest BCUT2D eigenvalue weighted by Gasteiger charge is -2.58. The third-order valence-corrected chi connectivity index (χ3v) is 15.9. The monoisotopic (exact) mass is 795 g/mol. The zero-order chi connectivity index (χ0) is 41.0. The first-order chi connectivity index (χ1) is 28.1. The lowest BCUT2D eigenvalue weighted by Crippen LogP contribution is -2.51. The van der Waals surface area contributed by atoms with Gasteiger partial charge in [0.15, 0.2) is 0 Å². The van der Waals surface area contributed by atoms with E-state index < -0.39 is 0 Å². The van der Waals surface area contributed by atoms with E-state index in [1.165, 1.54) is 101 Å². The Labute approximate surface area is 355 Å². The van der Waals surface area contributed by atoms with E-state index in [-0.39, 0.29) is 12.1 Å². The summed E-state index contributed by atoms with van der Waals surface area (Å²) in [6.45, 7) is 16.4. The van der Waals surface area contributed by atoms with Gasteiger partial charge >= 0.3 is 5.97 Å². The Morgan fingerprint density at radius 1 is 0.690 bits per heavy atom. The molecular weight excluding hydrogens is 713 g/mol. The zero-order valence-corrected chi connectivity index (χ0v) is 37.8. The summed E-state index contributed by atoms with van der Waals surface area (Å²) in [6, 6.07) is 16.8. The van der Waals surface area contributed by atoms with Gasteiger partial charge in [0, 0.05) is 12.8 Å². The van der Waals surface area contributed by atoms with E-state index in [9.17, 15) is 4.79 Å². The van der Waals surface area contributed by atoms with Crippen molar-refractivity contribution in [2.75, 3.05) is 13.2 Å². The molecule has 0 heterocycles. The van der Waals surface area contributed by atoms with Gasteiger partial charge in [0.1, 0.15) is 17.6 Å². The van der Waals surface area contributed by atoms with Gasteiger partial charge in [0.25, 0.3) is 0 Å². The van der Waals surface area contributed by atoms with Crippen molar-refractivity contribution >= 4 is 5.97 Å². The van der Waals surface area contributed by atoms with E-state index in [0.717, 1.165) is 105 Å². The molecule has 4 aliphatic rings. The fourth-order valence-electron chi connectivity index (χ4n) is 12.4. The number of esters is 1. The molecule has 2 aromatic rings. The summed E-state index contributed by atoms with van der Waals surface area (Å²) in [6.07, 6.45) is 29.3. The second kappa shape index (κ2) is 21.7. The number of carbonyl (C=O) groups excluding carboxylic acids is 1. The normalized spacial score (nSPS) is 28.3. The van der Waals surface area contributed by atoms with Crippen molar-refractivity contribution in [1.82, 2.24) is 0 Å². The van der Waals surface area contributed by atoms with Crippen LogP contribution in [0.5, 0.6) is 11.5 Å². The molecule has 4 heteroatoms. The number of hydrogen-bond acceptors (Lipinski definition) is 4. The third kappa shape index (κ3) is 11.5. The summed E-state index contributed by atoms with van der Waals surface area (Å²) in [4.78, 5) is 12.9. The highest BCUT2D eigenvalue weighted by Gasteiger charge is 2.59. The molecule has 3 saturated carbocycles. The maximum Gasteiger partial charge on any atom is 0.306 e. The van der Waals surface area contributed by atoms with Crippen LogP contribution in [0.1, 0.15) is 183 Å². The van der Waals surface area contributed by atoms with Crippen molar-refractivity contribution in [3.05, 3.63) is 60.2 Å². The van der Waals surface area contributed by atoms with Gasteiger partial charge in [-0.2, -0.15) is 0 Å². The number of carbonyl (C=O) groups is 1.